The van der Waals surface area contributed by atoms with Gasteiger partial charge in [-0.1, -0.05) is 15.9 Å². The summed E-state index contributed by atoms with van der Waals surface area (Å²) in [6.07, 6.45) is 0. The molecule has 7 heteroatoms. The highest BCUT2D eigenvalue weighted by molar-refractivity contribution is 9.10. The molecule has 0 spiro atoms. The summed E-state index contributed by atoms with van der Waals surface area (Å²) in [4.78, 5) is 16.5. The standard InChI is InChI=1S/C18H26BrN3O3/c1-14(23)20-18-15(12-21-2-6-24-7-3-21)10-17(19)11-16(18)13-22-4-8-25-9-5-22/h10-11H,2-9,12-13H2,1H3,(H,20,23). The Morgan fingerprint density at radius 2 is 1.44 bits per heavy atom. The minimum atomic E-state index is -0.0335. The van der Waals surface area contributed by atoms with Crippen molar-refractivity contribution in [3.8, 4) is 0 Å². The Morgan fingerprint density at radius 1 is 1.00 bits per heavy atom. The van der Waals surface area contributed by atoms with Gasteiger partial charge in [0.1, 0.15) is 0 Å². The second-order valence-corrected chi connectivity index (χ2v) is 7.47. The lowest BCUT2D eigenvalue weighted by Crippen LogP contribution is -2.37. The molecule has 1 N–H and O–H groups in total. The van der Waals surface area contributed by atoms with Crippen molar-refractivity contribution in [2.75, 3.05) is 57.9 Å². The van der Waals surface area contributed by atoms with E-state index >= 15 is 0 Å². The van der Waals surface area contributed by atoms with Crippen LogP contribution in [0.25, 0.3) is 0 Å². The molecule has 2 heterocycles. The third kappa shape index (κ3) is 5.49. The summed E-state index contributed by atoms with van der Waals surface area (Å²) in [5.41, 5.74) is 3.25. The van der Waals surface area contributed by atoms with Gasteiger partial charge < -0.3 is 14.8 Å². The van der Waals surface area contributed by atoms with Gasteiger partial charge >= 0.3 is 0 Å². The smallest absolute Gasteiger partial charge is 0.221 e. The SMILES string of the molecule is CC(=O)Nc1c(CN2CCOCC2)cc(Br)cc1CN1CCOCC1. The molecule has 0 unspecified atom stereocenters. The molecule has 0 atom stereocenters. The minimum absolute atomic E-state index is 0.0335. The van der Waals surface area contributed by atoms with Crippen molar-refractivity contribution in [2.24, 2.45) is 0 Å². The number of carbonyl (C=O) groups is 1. The number of nitrogens with one attached hydrogen (secondary N) is 1. The summed E-state index contributed by atoms with van der Waals surface area (Å²) in [5.74, 6) is -0.0335. The second-order valence-electron chi connectivity index (χ2n) is 6.56. The quantitative estimate of drug-likeness (QED) is 0.803. The molecule has 1 amide bonds. The first-order valence-electron chi connectivity index (χ1n) is 8.81. The fourth-order valence-corrected chi connectivity index (χ4v) is 3.86. The number of anilines is 1. The predicted octanol–water partition coefficient (Wildman–Crippen LogP) is 2.07. The third-order valence-electron chi connectivity index (χ3n) is 4.56. The Balaban J connectivity index is 1.84. The second kappa shape index (κ2) is 9.09. The zero-order valence-corrected chi connectivity index (χ0v) is 16.3. The van der Waals surface area contributed by atoms with Crippen molar-refractivity contribution >= 4 is 27.5 Å². The summed E-state index contributed by atoms with van der Waals surface area (Å²) in [5, 5.41) is 3.07. The number of hydrogen-bond acceptors (Lipinski definition) is 5. The van der Waals surface area contributed by atoms with Crippen molar-refractivity contribution in [1.82, 2.24) is 9.80 Å². The molecule has 0 aliphatic carbocycles. The Kier molecular flexibility index (Phi) is 6.84. The van der Waals surface area contributed by atoms with Gasteiger partial charge in [-0.05, 0) is 23.3 Å². The molecule has 6 nitrogen and oxygen atoms in total. The lowest BCUT2D eigenvalue weighted by atomic mass is 10.0. The Morgan fingerprint density at radius 3 is 1.84 bits per heavy atom. The van der Waals surface area contributed by atoms with Gasteiger partial charge in [0.15, 0.2) is 0 Å². The third-order valence-corrected chi connectivity index (χ3v) is 5.02. The molecule has 2 fully saturated rings. The first-order valence-corrected chi connectivity index (χ1v) is 9.60. The molecule has 0 aromatic heterocycles. The van der Waals surface area contributed by atoms with E-state index in [1.807, 2.05) is 0 Å². The molecule has 3 rings (SSSR count). The molecular weight excluding hydrogens is 386 g/mol. The molecule has 0 saturated carbocycles. The van der Waals surface area contributed by atoms with E-state index in [1.54, 1.807) is 6.92 Å². The Hall–Kier alpha value is -0.990. The van der Waals surface area contributed by atoms with E-state index in [-0.39, 0.29) is 5.91 Å². The Bertz CT molecular complexity index is 558. The summed E-state index contributed by atoms with van der Waals surface area (Å²) >= 11 is 3.64. The highest BCUT2D eigenvalue weighted by Gasteiger charge is 2.19. The molecule has 0 bridgehead atoms. The van der Waals surface area contributed by atoms with Crippen LogP contribution >= 0.6 is 15.9 Å². The summed E-state index contributed by atoms with van der Waals surface area (Å²) in [7, 11) is 0. The average Bonchev–Trinajstić information content (AvgIpc) is 2.59. The van der Waals surface area contributed by atoms with Crippen molar-refractivity contribution in [3.63, 3.8) is 0 Å². The normalized spacial score (nSPS) is 19.8. The van der Waals surface area contributed by atoms with E-state index < -0.39 is 0 Å². The maximum Gasteiger partial charge on any atom is 0.221 e. The predicted molar refractivity (Wildman–Crippen MR) is 101 cm³/mol. The number of rotatable bonds is 5. The number of amides is 1. The molecule has 0 radical (unpaired) electrons. The van der Waals surface area contributed by atoms with Crippen LogP contribution in [0.3, 0.4) is 0 Å². The fourth-order valence-electron chi connectivity index (χ4n) is 3.31. The molecule has 138 valence electrons. The number of halogens is 1. The van der Waals surface area contributed by atoms with Gasteiger partial charge in [-0.2, -0.15) is 0 Å². The van der Waals surface area contributed by atoms with Gasteiger partial charge in [-0.25, -0.2) is 0 Å². The lowest BCUT2D eigenvalue weighted by molar-refractivity contribution is -0.114. The monoisotopic (exact) mass is 411 g/mol. The number of ether oxygens (including phenoxy) is 2. The topological polar surface area (TPSA) is 54.0 Å². The zero-order chi connectivity index (χ0) is 17.6. The van der Waals surface area contributed by atoms with Crippen LogP contribution in [-0.4, -0.2) is 68.3 Å². The number of morpholine rings is 2. The van der Waals surface area contributed by atoms with Gasteiger partial charge in [0.05, 0.1) is 26.4 Å². The first-order chi connectivity index (χ1) is 12.1. The van der Waals surface area contributed by atoms with Crippen molar-refractivity contribution in [1.29, 1.82) is 0 Å². The molecule has 25 heavy (non-hydrogen) atoms. The van der Waals surface area contributed by atoms with Crippen LogP contribution in [0.5, 0.6) is 0 Å². The minimum Gasteiger partial charge on any atom is -0.379 e. The van der Waals surface area contributed by atoms with Crippen LogP contribution in [0, 0.1) is 0 Å². The van der Waals surface area contributed by atoms with Crippen LogP contribution in [-0.2, 0) is 27.4 Å². The fraction of sp³-hybridized carbons (Fsp3) is 0.611. The average molecular weight is 412 g/mol. The summed E-state index contributed by atoms with van der Waals surface area (Å²) in [6.45, 7) is 9.95. The van der Waals surface area contributed by atoms with Gasteiger partial charge in [0, 0.05) is 56.4 Å². The molecule has 2 aliphatic rings. The van der Waals surface area contributed by atoms with E-state index in [9.17, 15) is 4.79 Å². The van der Waals surface area contributed by atoms with Crippen LogP contribution in [0.2, 0.25) is 0 Å². The first kappa shape index (κ1) is 18.8. The molecule has 1 aromatic rings. The number of hydrogen-bond donors (Lipinski definition) is 1. The van der Waals surface area contributed by atoms with Crippen LogP contribution in [0.15, 0.2) is 16.6 Å². The summed E-state index contributed by atoms with van der Waals surface area (Å²) in [6, 6.07) is 4.23. The van der Waals surface area contributed by atoms with E-state index in [4.69, 9.17) is 9.47 Å². The molecular formula is C18H26BrN3O3. The maximum absolute atomic E-state index is 11.8. The Labute approximate surface area is 157 Å². The van der Waals surface area contributed by atoms with E-state index in [1.165, 1.54) is 0 Å². The van der Waals surface area contributed by atoms with E-state index in [0.717, 1.165) is 87.0 Å². The highest BCUT2D eigenvalue weighted by atomic mass is 79.9. The van der Waals surface area contributed by atoms with E-state index in [0.29, 0.717) is 0 Å². The molecule has 2 aliphatic heterocycles. The van der Waals surface area contributed by atoms with Gasteiger partial charge in [0.2, 0.25) is 5.91 Å². The largest absolute Gasteiger partial charge is 0.379 e. The highest BCUT2D eigenvalue weighted by Crippen LogP contribution is 2.29. The number of nitrogens with zero attached hydrogens (tertiary/aromatic N) is 2. The zero-order valence-electron chi connectivity index (χ0n) is 14.7. The molecule has 2 saturated heterocycles. The van der Waals surface area contributed by atoms with Crippen LogP contribution < -0.4 is 5.32 Å². The lowest BCUT2D eigenvalue weighted by Gasteiger charge is -2.30. The molecule has 1 aromatic carbocycles. The van der Waals surface area contributed by atoms with Gasteiger partial charge in [0.25, 0.3) is 0 Å². The number of benzene rings is 1. The summed E-state index contributed by atoms with van der Waals surface area (Å²) < 4.78 is 11.9. The van der Waals surface area contributed by atoms with Crippen molar-refractivity contribution < 1.29 is 14.3 Å². The van der Waals surface area contributed by atoms with Crippen LogP contribution in [0.4, 0.5) is 5.69 Å². The van der Waals surface area contributed by atoms with Gasteiger partial charge in [-0.15, -0.1) is 0 Å². The van der Waals surface area contributed by atoms with Crippen molar-refractivity contribution in [2.45, 2.75) is 20.0 Å². The number of carbonyl (C=O) groups excluding carboxylic acids is 1. The van der Waals surface area contributed by atoms with E-state index in [2.05, 4.69) is 43.2 Å². The van der Waals surface area contributed by atoms with Crippen LogP contribution in [0.1, 0.15) is 18.1 Å². The van der Waals surface area contributed by atoms with Gasteiger partial charge in [-0.3, -0.25) is 14.6 Å². The van der Waals surface area contributed by atoms with Crippen molar-refractivity contribution in [3.05, 3.63) is 27.7 Å². The maximum atomic E-state index is 11.8.